The normalized spacial score (nSPS) is 12.3. The third-order valence-corrected chi connectivity index (χ3v) is 2.77. The van der Waals surface area contributed by atoms with E-state index < -0.39 is 17.3 Å². The number of aliphatic carboxylic acids is 1. The lowest BCUT2D eigenvalue weighted by Gasteiger charge is -2.30. The Kier molecular flexibility index (Phi) is 3.40. The van der Waals surface area contributed by atoms with Gasteiger partial charge in [-0.25, -0.2) is 8.78 Å². The molecule has 0 aliphatic heterocycles. The molecule has 0 spiro atoms. The fraction of sp³-hybridized carbons (Fsp3) is 0.417. The van der Waals surface area contributed by atoms with Gasteiger partial charge in [-0.15, -0.1) is 0 Å². The van der Waals surface area contributed by atoms with Crippen molar-refractivity contribution in [2.24, 2.45) is 5.41 Å². The van der Waals surface area contributed by atoms with E-state index in [1.54, 1.807) is 0 Å². The molecule has 0 radical (unpaired) electrons. The van der Waals surface area contributed by atoms with E-state index in [1.807, 2.05) is 0 Å². The van der Waals surface area contributed by atoms with Crippen LogP contribution in [0, 0.1) is 5.41 Å². The molecule has 0 aromatic heterocycles. The van der Waals surface area contributed by atoms with Gasteiger partial charge in [-0.05, 0) is 38.1 Å². The molecule has 0 aliphatic carbocycles. The summed E-state index contributed by atoms with van der Waals surface area (Å²) in [6.07, 6.45) is 0. The SMILES string of the molecule is COc1ccc(C(F)(F)C(C)(C)C(=O)O)cc1. The zero-order chi connectivity index (χ0) is 13.3. The molecule has 0 aliphatic rings. The third kappa shape index (κ3) is 2.23. The fourth-order valence-electron chi connectivity index (χ4n) is 1.30. The number of carboxylic acid groups (broad SMARTS) is 1. The summed E-state index contributed by atoms with van der Waals surface area (Å²) in [5, 5.41) is 8.83. The maximum absolute atomic E-state index is 14.0. The third-order valence-electron chi connectivity index (χ3n) is 2.77. The molecule has 0 atom stereocenters. The van der Waals surface area contributed by atoms with E-state index in [2.05, 4.69) is 0 Å². The van der Waals surface area contributed by atoms with Crippen molar-refractivity contribution in [1.82, 2.24) is 0 Å². The largest absolute Gasteiger partial charge is 0.497 e. The Hall–Kier alpha value is -1.65. The average Bonchev–Trinajstić information content (AvgIpc) is 2.28. The lowest BCUT2D eigenvalue weighted by Crippen LogP contribution is -2.40. The molecular weight excluding hydrogens is 230 g/mol. The Bertz CT molecular complexity index is 410. The van der Waals surface area contributed by atoms with Gasteiger partial charge in [0.2, 0.25) is 0 Å². The van der Waals surface area contributed by atoms with Crippen LogP contribution in [0.15, 0.2) is 24.3 Å². The van der Waals surface area contributed by atoms with Crippen LogP contribution in [0.3, 0.4) is 0 Å². The minimum absolute atomic E-state index is 0.342. The van der Waals surface area contributed by atoms with Crippen molar-refractivity contribution in [3.63, 3.8) is 0 Å². The summed E-state index contributed by atoms with van der Waals surface area (Å²) in [4.78, 5) is 10.9. The summed E-state index contributed by atoms with van der Waals surface area (Å²) in [5.41, 5.74) is -2.51. The first-order valence-electron chi connectivity index (χ1n) is 4.99. The highest BCUT2D eigenvalue weighted by atomic mass is 19.3. The lowest BCUT2D eigenvalue weighted by molar-refractivity contribution is -0.175. The van der Waals surface area contributed by atoms with Crippen molar-refractivity contribution in [3.8, 4) is 5.75 Å². The first-order valence-corrected chi connectivity index (χ1v) is 4.99. The van der Waals surface area contributed by atoms with Crippen molar-refractivity contribution in [2.75, 3.05) is 7.11 Å². The molecule has 5 heteroatoms. The smallest absolute Gasteiger partial charge is 0.315 e. The van der Waals surface area contributed by atoms with Gasteiger partial charge < -0.3 is 9.84 Å². The lowest BCUT2D eigenvalue weighted by atomic mass is 9.81. The summed E-state index contributed by atoms with van der Waals surface area (Å²) in [6.45, 7) is 2.00. The molecule has 1 aromatic rings. The van der Waals surface area contributed by atoms with Crippen LogP contribution in [0.2, 0.25) is 0 Å². The highest BCUT2D eigenvalue weighted by molar-refractivity contribution is 5.75. The molecule has 0 bridgehead atoms. The van der Waals surface area contributed by atoms with E-state index in [0.717, 1.165) is 13.8 Å². The first kappa shape index (κ1) is 13.4. The quantitative estimate of drug-likeness (QED) is 0.885. The van der Waals surface area contributed by atoms with Crippen molar-refractivity contribution in [3.05, 3.63) is 29.8 Å². The predicted octanol–water partition coefficient (Wildman–Crippen LogP) is 2.90. The van der Waals surface area contributed by atoms with E-state index in [9.17, 15) is 13.6 Å². The van der Waals surface area contributed by atoms with Crippen molar-refractivity contribution >= 4 is 5.97 Å². The van der Waals surface area contributed by atoms with E-state index >= 15 is 0 Å². The molecule has 0 amide bonds. The van der Waals surface area contributed by atoms with Crippen LogP contribution in [0.5, 0.6) is 5.75 Å². The van der Waals surface area contributed by atoms with Crippen molar-refractivity contribution in [1.29, 1.82) is 0 Å². The molecule has 3 nitrogen and oxygen atoms in total. The van der Waals surface area contributed by atoms with E-state index in [-0.39, 0.29) is 5.56 Å². The van der Waals surface area contributed by atoms with Crippen molar-refractivity contribution in [2.45, 2.75) is 19.8 Å². The Morgan fingerprint density at radius 3 is 2.06 bits per heavy atom. The molecule has 1 rings (SSSR count). The van der Waals surface area contributed by atoms with E-state index in [4.69, 9.17) is 9.84 Å². The zero-order valence-corrected chi connectivity index (χ0v) is 9.83. The summed E-state index contributed by atoms with van der Waals surface area (Å²) in [5.74, 6) is -4.55. The number of benzene rings is 1. The highest BCUT2D eigenvalue weighted by Gasteiger charge is 2.53. The number of halogens is 2. The zero-order valence-electron chi connectivity index (χ0n) is 9.83. The van der Waals surface area contributed by atoms with Gasteiger partial charge in [0.05, 0.1) is 7.11 Å². The van der Waals surface area contributed by atoms with Crippen LogP contribution in [-0.2, 0) is 10.7 Å². The van der Waals surface area contributed by atoms with Gasteiger partial charge in [-0.3, -0.25) is 4.79 Å². The van der Waals surface area contributed by atoms with Crippen LogP contribution in [-0.4, -0.2) is 18.2 Å². The predicted molar refractivity (Wildman–Crippen MR) is 58.3 cm³/mol. The summed E-state index contributed by atoms with van der Waals surface area (Å²) in [6, 6.07) is 5.09. The number of hydrogen-bond donors (Lipinski definition) is 1. The molecule has 0 saturated carbocycles. The molecule has 1 aromatic carbocycles. The maximum Gasteiger partial charge on any atom is 0.315 e. The van der Waals surface area contributed by atoms with Crippen LogP contribution in [0.25, 0.3) is 0 Å². The fourth-order valence-corrected chi connectivity index (χ4v) is 1.30. The molecule has 94 valence electrons. The molecule has 0 saturated heterocycles. The maximum atomic E-state index is 14.0. The van der Waals surface area contributed by atoms with Crippen LogP contribution >= 0.6 is 0 Å². The van der Waals surface area contributed by atoms with Gasteiger partial charge in [-0.1, -0.05) is 0 Å². The molecule has 0 unspecified atom stereocenters. The Labute approximate surface area is 98.0 Å². The van der Waals surface area contributed by atoms with Gasteiger partial charge in [-0.2, -0.15) is 0 Å². The van der Waals surface area contributed by atoms with Gasteiger partial charge in [0.15, 0.2) is 0 Å². The number of rotatable bonds is 4. The molecule has 1 N–H and O–H groups in total. The number of hydrogen-bond acceptors (Lipinski definition) is 2. The standard InChI is InChI=1S/C12H14F2O3/c1-11(2,10(15)16)12(13,14)8-4-6-9(17-3)7-5-8/h4-7H,1-3H3,(H,15,16). The molecule has 0 heterocycles. The Balaban J connectivity index is 3.16. The molecule has 0 fully saturated rings. The van der Waals surface area contributed by atoms with Crippen LogP contribution < -0.4 is 4.74 Å². The number of carboxylic acids is 1. The number of carbonyl (C=O) groups is 1. The summed E-state index contributed by atoms with van der Waals surface area (Å²) in [7, 11) is 1.42. The Morgan fingerprint density at radius 2 is 1.71 bits per heavy atom. The monoisotopic (exact) mass is 244 g/mol. The second kappa shape index (κ2) is 4.31. The second-order valence-corrected chi connectivity index (χ2v) is 4.23. The molecule has 17 heavy (non-hydrogen) atoms. The number of methoxy groups -OCH3 is 1. The van der Waals surface area contributed by atoms with Gasteiger partial charge in [0.25, 0.3) is 5.92 Å². The summed E-state index contributed by atoms with van der Waals surface area (Å²) >= 11 is 0. The van der Waals surface area contributed by atoms with Crippen LogP contribution in [0.4, 0.5) is 8.78 Å². The average molecular weight is 244 g/mol. The van der Waals surface area contributed by atoms with Gasteiger partial charge in [0.1, 0.15) is 11.2 Å². The van der Waals surface area contributed by atoms with Gasteiger partial charge >= 0.3 is 5.97 Å². The minimum Gasteiger partial charge on any atom is -0.497 e. The van der Waals surface area contributed by atoms with E-state index in [1.165, 1.54) is 31.4 Å². The number of ether oxygens (including phenoxy) is 1. The number of alkyl halides is 2. The van der Waals surface area contributed by atoms with Crippen molar-refractivity contribution < 1.29 is 23.4 Å². The van der Waals surface area contributed by atoms with E-state index in [0.29, 0.717) is 5.75 Å². The summed E-state index contributed by atoms with van der Waals surface area (Å²) < 4.78 is 32.9. The highest BCUT2D eigenvalue weighted by Crippen LogP contribution is 2.45. The van der Waals surface area contributed by atoms with Gasteiger partial charge in [0, 0.05) is 5.56 Å². The Morgan fingerprint density at radius 1 is 1.24 bits per heavy atom. The minimum atomic E-state index is -3.45. The topological polar surface area (TPSA) is 46.5 Å². The second-order valence-electron chi connectivity index (χ2n) is 4.23. The first-order chi connectivity index (χ1) is 7.73. The molecular formula is C12H14F2O3. The van der Waals surface area contributed by atoms with Crippen LogP contribution in [0.1, 0.15) is 19.4 Å².